The lowest BCUT2D eigenvalue weighted by Gasteiger charge is -2.11. The van der Waals surface area contributed by atoms with E-state index >= 15 is 0 Å². The second kappa shape index (κ2) is 7.38. The van der Waals surface area contributed by atoms with Gasteiger partial charge in [0.1, 0.15) is 0 Å². The molecule has 2 aromatic rings. The summed E-state index contributed by atoms with van der Waals surface area (Å²) in [6, 6.07) is 10.5. The maximum absolute atomic E-state index is 12.4. The van der Waals surface area contributed by atoms with Crippen molar-refractivity contribution in [2.75, 3.05) is 20.8 Å². The predicted octanol–water partition coefficient (Wildman–Crippen LogP) is 3.23. The van der Waals surface area contributed by atoms with E-state index in [1.807, 2.05) is 18.2 Å². The van der Waals surface area contributed by atoms with Crippen LogP contribution < -0.4 is 9.47 Å². The molecule has 0 heterocycles. The van der Waals surface area contributed by atoms with Gasteiger partial charge >= 0.3 is 5.97 Å². The normalized spacial score (nSPS) is 12.4. The van der Waals surface area contributed by atoms with Crippen molar-refractivity contribution in [3.05, 3.63) is 58.7 Å². The molecule has 3 rings (SSSR count). The van der Waals surface area contributed by atoms with Crippen LogP contribution in [-0.2, 0) is 17.6 Å². The summed E-state index contributed by atoms with van der Waals surface area (Å²) in [6.07, 6.45) is 3.26. The fraction of sp³-hybridized carbons (Fsp3) is 0.300. The Morgan fingerprint density at radius 1 is 0.920 bits per heavy atom. The molecule has 0 bridgehead atoms. The van der Waals surface area contributed by atoms with Crippen LogP contribution in [0.3, 0.4) is 0 Å². The fourth-order valence-electron chi connectivity index (χ4n) is 3.00. The standard InChI is InChI=1S/C20H20O5/c1-23-19-11-16(20(22)24-2)8-9-18(19)25-12-17(21)15-7-6-13-4-3-5-14(13)10-15/h6-11H,3-5,12H2,1-2H3. The Morgan fingerprint density at radius 2 is 1.68 bits per heavy atom. The van der Waals surface area contributed by atoms with Crippen LogP contribution in [0.5, 0.6) is 11.5 Å². The first-order valence-corrected chi connectivity index (χ1v) is 8.16. The summed E-state index contributed by atoms with van der Waals surface area (Å²) in [5, 5.41) is 0. The zero-order valence-electron chi connectivity index (χ0n) is 14.3. The van der Waals surface area contributed by atoms with Crippen LogP contribution in [0.1, 0.15) is 38.3 Å². The average Bonchev–Trinajstić information content (AvgIpc) is 3.13. The Hall–Kier alpha value is -2.82. The van der Waals surface area contributed by atoms with E-state index < -0.39 is 5.97 Å². The molecule has 0 amide bonds. The largest absolute Gasteiger partial charge is 0.493 e. The number of rotatable bonds is 6. The van der Waals surface area contributed by atoms with Gasteiger partial charge in [0, 0.05) is 5.56 Å². The average molecular weight is 340 g/mol. The number of esters is 1. The summed E-state index contributed by atoms with van der Waals surface area (Å²) in [5.41, 5.74) is 3.60. The van der Waals surface area contributed by atoms with Gasteiger partial charge in [0.25, 0.3) is 0 Å². The molecule has 0 atom stereocenters. The highest BCUT2D eigenvalue weighted by Gasteiger charge is 2.16. The van der Waals surface area contributed by atoms with E-state index in [-0.39, 0.29) is 12.4 Å². The Kier molecular flexibility index (Phi) is 5.03. The molecule has 5 heteroatoms. The molecule has 0 unspecified atom stereocenters. The summed E-state index contributed by atoms with van der Waals surface area (Å²) < 4.78 is 15.5. The van der Waals surface area contributed by atoms with Crippen LogP contribution in [0.4, 0.5) is 0 Å². The van der Waals surface area contributed by atoms with Gasteiger partial charge in [-0.2, -0.15) is 0 Å². The van der Waals surface area contributed by atoms with E-state index in [1.165, 1.54) is 31.4 Å². The Balaban J connectivity index is 1.70. The Morgan fingerprint density at radius 3 is 2.44 bits per heavy atom. The zero-order chi connectivity index (χ0) is 17.8. The molecule has 0 aromatic heterocycles. The van der Waals surface area contributed by atoms with Gasteiger partial charge in [-0.1, -0.05) is 12.1 Å². The van der Waals surface area contributed by atoms with Crippen LogP contribution in [0.25, 0.3) is 0 Å². The number of benzene rings is 2. The lowest BCUT2D eigenvalue weighted by molar-refractivity contribution is 0.0600. The molecule has 0 saturated carbocycles. The third kappa shape index (κ3) is 3.65. The number of hydrogen-bond acceptors (Lipinski definition) is 5. The number of ketones is 1. The molecule has 1 aliphatic carbocycles. The molecule has 0 spiro atoms. The minimum atomic E-state index is -0.459. The highest BCUT2D eigenvalue weighted by molar-refractivity contribution is 5.97. The van der Waals surface area contributed by atoms with Gasteiger partial charge in [-0.05, 0) is 54.7 Å². The highest BCUT2D eigenvalue weighted by atomic mass is 16.5. The van der Waals surface area contributed by atoms with Crippen molar-refractivity contribution in [1.29, 1.82) is 0 Å². The van der Waals surface area contributed by atoms with E-state index in [0.29, 0.717) is 22.6 Å². The third-order valence-corrected chi connectivity index (χ3v) is 4.36. The molecule has 2 aromatic carbocycles. The molecular weight excluding hydrogens is 320 g/mol. The molecular formula is C20H20O5. The molecule has 0 N–H and O–H groups in total. The first-order chi connectivity index (χ1) is 12.1. The molecule has 0 fully saturated rings. The Bertz CT molecular complexity index is 810. The third-order valence-electron chi connectivity index (χ3n) is 4.36. The Labute approximate surface area is 146 Å². The fourth-order valence-corrected chi connectivity index (χ4v) is 3.00. The minimum Gasteiger partial charge on any atom is -0.493 e. The van der Waals surface area contributed by atoms with Crippen molar-refractivity contribution >= 4 is 11.8 Å². The SMILES string of the molecule is COC(=O)c1ccc(OCC(=O)c2ccc3c(c2)CCC3)c(OC)c1. The zero-order valence-corrected chi connectivity index (χ0v) is 14.3. The number of carbonyl (C=O) groups excluding carboxylic acids is 2. The van der Waals surface area contributed by atoms with Crippen LogP contribution in [0.15, 0.2) is 36.4 Å². The van der Waals surface area contributed by atoms with E-state index in [2.05, 4.69) is 4.74 Å². The van der Waals surface area contributed by atoms with Crippen LogP contribution in [-0.4, -0.2) is 32.6 Å². The second-order valence-corrected chi connectivity index (χ2v) is 5.91. The lowest BCUT2D eigenvalue weighted by atomic mass is 10.0. The molecule has 25 heavy (non-hydrogen) atoms. The van der Waals surface area contributed by atoms with Crippen molar-refractivity contribution in [1.82, 2.24) is 0 Å². The van der Waals surface area contributed by atoms with Gasteiger partial charge in [0.05, 0.1) is 19.8 Å². The van der Waals surface area contributed by atoms with Crippen LogP contribution >= 0.6 is 0 Å². The van der Waals surface area contributed by atoms with Crippen molar-refractivity contribution in [3.63, 3.8) is 0 Å². The number of Topliss-reactive ketones (excluding diaryl/α,β-unsaturated/α-hetero) is 1. The van der Waals surface area contributed by atoms with Crippen molar-refractivity contribution in [2.45, 2.75) is 19.3 Å². The highest BCUT2D eigenvalue weighted by Crippen LogP contribution is 2.29. The van der Waals surface area contributed by atoms with Crippen LogP contribution in [0.2, 0.25) is 0 Å². The van der Waals surface area contributed by atoms with E-state index in [9.17, 15) is 9.59 Å². The monoisotopic (exact) mass is 340 g/mol. The molecule has 0 saturated heterocycles. The van der Waals surface area contributed by atoms with Gasteiger partial charge in [-0.3, -0.25) is 4.79 Å². The number of methoxy groups -OCH3 is 2. The number of hydrogen-bond donors (Lipinski definition) is 0. The maximum atomic E-state index is 12.4. The maximum Gasteiger partial charge on any atom is 0.337 e. The summed E-state index contributed by atoms with van der Waals surface area (Å²) in [5.74, 6) is 0.238. The second-order valence-electron chi connectivity index (χ2n) is 5.91. The molecule has 130 valence electrons. The van der Waals surface area contributed by atoms with Crippen molar-refractivity contribution in [2.24, 2.45) is 0 Å². The minimum absolute atomic E-state index is 0.0891. The number of ether oxygens (including phenoxy) is 3. The predicted molar refractivity (Wildman–Crippen MR) is 92.6 cm³/mol. The van der Waals surface area contributed by atoms with Gasteiger partial charge in [-0.15, -0.1) is 0 Å². The van der Waals surface area contributed by atoms with Crippen molar-refractivity contribution < 1.29 is 23.8 Å². The topological polar surface area (TPSA) is 61.8 Å². The van der Waals surface area contributed by atoms with E-state index in [0.717, 1.165) is 19.3 Å². The van der Waals surface area contributed by atoms with Crippen LogP contribution in [0, 0.1) is 0 Å². The quantitative estimate of drug-likeness (QED) is 0.597. The molecule has 5 nitrogen and oxygen atoms in total. The van der Waals surface area contributed by atoms with Gasteiger partial charge < -0.3 is 14.2 Å². The molecule has 1 aliphatic rings. The smallest absolute Gasteiger partial charge is 0.337 e. The van der Waals surface area contributed by atoms with E-state index in [1.54, 1.807) is 12.1 Å². The first-order valence-electron chi connectivity index (χ1n) is 8.16. The molecule has 0 aliphatic heterocycles. The van der Waals surface area contributed by atoms with Gasteiger partial charge in [-0.25, -0.2) is 4.79 Å². The van der Waals surface area contributed by atoms with E-state index in [4.69, 9.17) is 9.47 Å². The van der Waals surface area contributed by atoms with Gasteiger partial charge in [0.15, 0.2) is 23.9 Å². The summed E-state index contributed by atoms with van der Waals surface area (Å²) in [6.45, 7) is -0.0906. The number of aryl methyl sites for hydroxylation is 2. The first kappa shape index (κ1) is 17.0. The summed E-state index contributed by atoms with van der Waals surface area (Å²) in [4.78, 5) is 24.0. The van der Waals surface area contributed by atoms with Gasteiger partial charge in [0.2, 0.25) is 0 Å². The lowest BCUT2D eigenvalue weighted by Crippen LogP contribution is -2.12. The number of carbonyl (C=O) groups is 2. The molecule has 0 radical (unpaired) electrons. The summed E-state index contributed by atoms with van der Waals surface area (Å²) in [7, 11) is 2.79. The number of fused-ring (bicyclic) bond motifs is 1. The summed E-state index contributed by atoms with van der Waals surface area (Å²) >= 11 is 0. The van der Waals surface area contributed by atoms with Crippen molar-refractivity contribution in [3.8, 4) is 11.5 Å².